The molecule has 1 aromatic heterocycles. The van der Waals surface area contributed by atoms with Gasteiger partial charge in [-0.05, 0) is 23.8 Å². The minimum atomic E-state index is -0.548. The zero-order valence-corrected chi connectivity index (χ0v) is 16.3. The summed E-state index contributed by atoms with van der Waals surface area (Å²) in [6.45, 7) is 0. The molecular formula is C24H22N2O3. The molecule has 3 aromatic carbocycles. The number of ether oxygens (including phenoxy) is 2. The van der Waals surface area contributed by atoms with Crippen LogP contribution in [0.15, 0.2) is 79.0 Å². The van der Waals surface area contributed by atoms with Gasteiger partial charge in [0, 0.05) is 34.4 Å². The average molecular weight is 386 g/mol. The van der Waals surface area contributed by atoms with Gasteiger partial charge in [-0.3, -0.25) is 4.79 Å². The van der Waals surface area contributed by atoms with Crippen LogP contribution in [0, 0.1) is 0 Å². The normalized spacial score (nSPS) is 11.8. The molecule has 1 heterocycles. The van der Waals surface area contributed by atoms with E-state index in [0.717, 1.165) is 22.2 Å². The Morgan fingerprint density at radius 2 is 1.62 bits per heavy atom. The number of H-pyrrole nitrogens is 1. The van der Waals surface area contributed by atoms with Gasteiger partial charge in [-0.2, -0.15) is 0 Å². The van der Waals surface area contributed by atoms with Crippen molar-refractivity contribution in [2.24, 2.45) is 0 Å². The van der Waals surface area contributed by atoms with Gasteiger partial charge in [0.05, 0.1) is 14.2 Å². The number of benzene rings is 3. The Labute approximate surface area is 169 Å². The van der Waals surface area contributed by atoms with E-state index >= 15 is 0 Å². The van der Waals surface area contributed by atoms with Gasteiger partial charge in [0.15, 0.2) is 17.3 Å². The molecular weight excluding hydrogens is 364 g/mol. The molecule has 4 rings (SSSR count). The van der Waals surface area contributed by atoms with E-state index in [4.69, 9.17) is 9.47 Å². The van der Waals surface area contributed by atoms with E-state index in [1.165, 1.54) is 0 Å². The van der Waals surface area contributed by atoms with E-state index in [1.54, 1.807) is 20.4 Å². The number of hydrogen-bond donors (Lipinski definition) is 2. The topological polar surface area (TPSA) is 63.3 Å². The van der Waals surface area contributed by atoms with Crippen molar-refractivity contribution in [2.75, 3.05) is 19.5 Å². The maximum atomic E-state index is 13.6. The molecule has 0 saturated heterocycles. The second-order valence-corrected chi connectivity index (χ2v) is 6.67. The predicted molar refractivity (Wildman–Crippen MR) is 115 cm³/mol. The first-order valence-corrected chi connectivity index (χ1v) is 9.35. The minimum absolute atomic E-state index is 0.0107. The van der Waals surface area contributed by atoms with E-state index in [2.05, 4.69) is 10.3 Å². The predicted octanol–water partition coefficient (Wildman–Crippen LogP) is 5.22. The standard InChI is InChI=1S/C24H22N2O3/c1-28-21-13-12-17(14-22(21)29-2)26-23(16-8-4-3-5-9-16)24(27)19-15-25-20-11-7-6-10-18(19)20/h3-15,23,25-26H,1-2H3. The first-order chi connectivity index (χ1) is 14.2. The SMILES string of the molecule is COc1ccc(NC(C(=O)c2c[nH]c3ccccc23)c2ccccc2)cc1OC. The lowest BCUT2D eigenvalue weighted by molar-refractivity contribution is 0.0971. The summed E-state index contributed by atoms with van der Waals surface area (Å²) in [5, 5.41) is 4.28. The largest absolute Gasteiger partial charge is 0.493 e. The average Bonchev–Trinajstić information content (AvgIpc) is 3.21. The van der Waals surface area contributed by atoms with Crippen LogP contribution >= 0.6 is 0 Å². The molecule has 0 radical (unpaired) electrons. The molecule has 0 bridgehead atoms. The number of aromatic nitrogens is 1. The van der Waals surface area contributed by atoms with E-state index in [0.29, 0.717) is 17.1 Å². The Hall–Kier alpha value is -3.73. The fourth-order valence-corrected chi connectivity index (χ4v) is 3.47. The van der Waals surface area contributed by atoms with E-state index in [9.17, 15) is 4.79 Å². The van der Waals surface area contributed by atoms with Gasteiger partial charge in [0.25, 0.3) is 0 Å². The summed E-state index contributed by atoms with van der Waals surface area (Å²) in [4.78, 5) is 16.8. The van der Waals surface area contributed by atoms with Crippen molar-refractivity contribution in [3.05, 3.63) is 90.1 Å². The summed E-state index contributed by atoms with van der Waals surface area (Å²) in [5.74, 6) is 1.23. The number of aromatic amines is 1. The molecule has 0 saturated carbocycles. The maximum absolute atomic E-state index is 13.6. The Bertz CT molecular complexity index is 1140. The number of hydrogen-bond acceptors (Lipinski definition) is 4. The summed E-state index contributed by atoms with van der Waals surface area (Å²) >= 11 is 0. The summed E-state index contributed by atoms with van der Waals surface area (Å²) in [5.41, 5.74) is 3.25. The number of ketones is 1. The van der Waals surface area contributed by atoms with Crippen LogP contribution < -0.4 is 14.8 Å². The monoisotopic (exact) mass is 386 g/mol. The molecule has 1 unspecified atom stereocenters. The third-order valence-corrected chi connectivity index (χ3v) is 4.94. The van der Waals surface area contributed by atoms with Gasteiger partial charge in [0.1, 0.15) is 6.04 Å². The molecule has 1 atom stereocenters. The van der Waals surface area contributed by atoms with Crippen molar-refractivity contribution < 1.29 is 14.3 Å². The third-order valence-electron chi connectivity index (χ3n) is 4.94. The smallest absolute Gasteiger partial charge is 0.191 e. The molecule has 2 N–H and O–H groups in total. The van der Waals surface area contributed by atoms with Crippen LogP contribution in [0.3, 0.4) is 0 Å². The Morgan fingerprint density at radius 3 is 2.38 bits per heavy atom. The van der Waals surface area contributed by atoms with Gasteiger partial charge < -0.3 is 19.8 Å². The van der Waals surface area contributed by atoms with Crippen LogP contribution in [0.1, 0.15) is 22.0 Å². The minimum Gasteiger partial charge on any atom is -0.493 e. The molecule has 5 nitrogen and oxygen atoms in total. The molecule has 0 aliphatic rings. The van der Waals surface area contributed by atoms with Crippen LogP contribution in [0.4, 0.5) is 5.69 Å². The Morgan fingerprint density at radius 1 is 0.897 bits per heavy atom. The molecule has 5 heteroatoms. The maximum Gasteiger partial charge on any atom is 0.191 e. The number of methoxy groups -OCH3 is 2. The van der Waals surface area contributed by atoms with Crippen molar-refractivity contribution in [1.29, 1.82) is 0 Å². The van der Waals surface area contributed by atoms with E-state index in [1.807, 2.05) is 72.8 Å². The highest BCUT2D eigenvalue weighted by atomic mass is 16.5. The van der Waals surface area contributed by atoms with Crippen molar-refractivity contribution in [1.82, 2.24) is 4.98 Å². The summed E-state index contributed by atoms with van der Waals surface area (Å²) in [6.07, 6.45) is 1.78. The summed E-state index contributed by atoms with van der Waals surface area (Å²) in [7, 11) is 3.19. The van der Waals surface area contributed by atoms with E-state index < -0.39 is 6.04 Å². The summed E-state index contributed by atoms with van der Waals surface area (Å²) in [6, 6.07) is 22.5. The van der Waals surface area contributed by atoms with Crippen LogP contribution in [0.2, 0.25) is 0 Å². The number of rotatable bonds is 7. The van der Waals surface area contributed by atoms with Crippen LogP contribution in [-0.4, -0.2) is 25.0 Å². The molecule has 0 amide bonds. The highest BCUT2D eigenvalue weighted by Crippen LogP contribution is 2.33. The first kappa shape index (κ1) is 18.6. The zero-order valence-electron chi connectivity index (χ0n) is 16.3. The van der Waals surface area contributed by atoms with E-state index in [-0.39, 0.29) is 5.78 Å². The lowest BCUT2D eigenvalue weighted by atomic mass is 9.96. The molecule has 4 aromatic rings. The number of carbonyl (C=O) groups is 1. The molecule has 146 valence electrons. The van der Waals surface area contributed by atoms with Gasteiger partial charge in [-0.1, -0.05) is 48.5 Å². The Kier molecular flexibility index (Phi) is 5.20. The molecule has 0 fully saturated rings. The number of carbonyl (C=O) groups excluding carboxylic acids is 1. The highest BCUT2D eigenvalue weighted by Gasteiger charge is 2.24. The molecule has 0 spiro atoms. The molecule has 0 aliphatic heterocycles. The number of para-hydroxylation sites is 1. The second-order valence-electron chi connectivity index (χ2n) is 6.67. The summed E-state index contributed by atoms with van der Waals surface area (Å²) < 4.78 is 10.7. The van der Waals surface area contributed by atoms with Crippen molar-refractivity contribution in [3.8, 4) is 11.5 Å². The van der Waals surface area contributed by atoms with Crippen molar-refractivity contribution in [3.63, 3.8) is 0 Å². The van der Waals surface area contributed by atoms with Gasteiger partial charge in [-0.15, -0.1) is 0 Å². The number of fused-ring (bicyclic) bond motifs is 1. The van der Waals surface area contributed by atoms with Crippen molar-refractivity contribution >= 4 is 22.4 Å². The molecule has 29 heavy (non-hydrogen) atoms. The van der Waals surface area contributed by atoms with Crippen LogP contribution in [-0.2, 0) is 0 Å². The third kappa shape index (κ3) is 3.67. The fraction of sp³-hybridized carbons (Fsp3) is 0.125. The zero-order chi connectivity index (χ0) is 20.2. The number of Topliss-reactive ketones (excluding diaryl/α,β-unsaturated/α-hetero) is 1. The number of nitrogens with one attached hydrogen (secondary N) is 2. The number of anilines is 1. The highest BCUT2D eigenvalue weighted by molar-refractivity contribution is 6.11. The molecule has 0 aliphatic carbocycles. The lowest BCUT2D eigenvalue weighted by Gasteiger charge is -2.20. The van der Waals surface area contributed by atoms with Gasteiger partial charge in [-0.25, -0.2) is 0 Å². The quantitative estimate of drug-likeness (QED) is 0.427. The fourth-order valence-electron chi connectivity index (χ4n) is 3.47. The van der Waals surface area contributed by atoms with Crippen molar-refractivity contribution in [2.45, 2.75) is 6.04 Å². The lowest BCUT2D eigenvalue weighted by Crippen LogP contribution is -2.21. The van der Waals surface area contributed by atoms with Gasteiger partial charge in [0.2, 0.25) is 0 Å². The Balaban J connectivity index is 1.74. The van der Waals surface area contributed by atoms with Crippen LogP contribution in [0.25, 0.3) is 10.9 Å². The second kappa shape index (κ2) is 8.10. The van der Waals surface area contributed by atoms with Gasteiger partial charge >= 0.3 is 0 Å². The first-order valence-electron chi connectivity index (χ1n) is 9.35. The van der Waals surface area contributed by atoms with Crippen LogP contribution in [0.5, 0.6) is 11.5 Å².